The molecule has 2 nitrogen and oxygen atoms in total. The van der Waals surface area contributed by atoms with E-state index in [1.807, 2.05) is 0 Å². The van der Waals surface area contributed by atoms with Crippen LogP contribution < -0.4 is 0 Å². The fourth-order valence-corrected chi connectivity index (χ4v) is 4.24. The van der Waals surface area contributed by atoms with Crippen LogP contribution in [0.2, 0.25) is 0 Å². The number of aromatic nitrogens is 2. The lowest BCUT2D eigenvalue weighted by Gasteiger charge is -2.07. The average molecular weight is 312 g/mol. The maximum atomic E-state index is 4.65. The zero-order valence-corrected chi connectivity index (χ0v) is 13.0. The molecule has 0 aliphatic heterocycles. The van der Waals surface area contributed by atoms with Gasteiger partial charge in [0.2, 0.25) is 0 Å². The molecule has 23 heavy (non-hydrogen) atoms. The fourth-order valence-electron chi connectivity index (χ4n) is 3.19. The summed E-state index contributed by atoms with van der Waals surface area (Å²) >= 11 is 1.72. The fraction of sp³-hybridized carbons (Fsp3) is 0. The highest BCUT2D eigenvalue weighted by atomic mass is 32.1. The van der Waals surface area contributed by atoms with Gasteiger partial charge in [0, 0.05) is 21.0 Å². The minimum Gasteiger partial charge on any atom is -0.236 e. The summed E-state index contributed by atoms with van der Waals surface area (Å²) in [4.78, 5) is 10.2. The largest absolute Gasteiger partial charge is 0.236 e. The molecule has 2 heterocycles. The van der Waals surface area contributed by atoms with Crippen LogP contribution in [0.5, 0.6) is 0 Å². The molecule has 0 aliphatic rings. The summed E-state index contributed by atoms with van der Waals surface area (Å²) in [5, 5.41) is 4.85. The van der Waals surface area contributed by atoms with Gasteiger partial charge in [-0.3, -0.25) is 0 Å². The topological polar surface area (TPSA) is 25.8 Å². The Morgan fingerprint density at radius 1 is 0.696 bits per heavy atom. The Kier molecular flexibility index (Phi) is 2.69. The summed E-state index contributed by atoms with van der Waals surface area (Å²) < 4.78 is 1.25. The van der Waals surface area contributed by atoms with Gasteiger partial charge in [-0.05, 0) is 16.8 Å². The molecule has 0 saturated heterocycles. The molecule has 0 spiro atoms. The average Bonchev–Trinajstić information content (AvgIpc) is 3.00. The second kappa shape index (κ2) is 4.86. The summed E-state index contributed by atoms with van der Waals surface area (Å²) in [5.41, 5.74) is 2.18. The third-order valence-corrected chi connectivity index (χ3v) is 5.30. The van der Waals surface area contributed by atoms with Crippen LogP contribution >= 0.6 is 11.3 Å². The number of fused-ring (bicyclic) bond motifs is 4. The predicted molar refractivity (Wildman–Crippen MR) is 97.9 cm³/mol. The first-order valence-electron chi connectivity index (χ1n) is 7.52. The van der Waals surface area contributed by atoms with Crippen LogP contribution in [-0.4, -0.2) is 9.97 Å². The Balaban J connectivity index is 1.96. The molecule has 5 rings (SSSR count). The predicted octanol–water partition coefficient (Wildman–Crippen LogP) is 5.66. The van der Waals surface area contributed by atoms with Gasteiger partial charge >= 0.3 is 0 Å². The highest BCUT2D eigenvalue weighted by molar-refractivity contribution is 7.25. The van der Waals surface area contributed by atoms with Crippen LogP contribution in [-0.2, 0) is 0 Å². The van der Waals surface area contributed by atoms with Crippen molar-refractivity contribution in [2.45, 2.75) is 0 Å². The normalized spacial score (nSPS) is 11.5. The summed E-state index contributed by atoms with van der Waals surface area (Å²) in [6.07, 6.45) is 1.68. The van der Waals surface area contributed by atoms with E-state index in [9.17, 15) is 0 Å². The number of rotatable bonds is 1. The third-order valence-electron chi connectivity index (χ3n) is 4.22. The number of hydrogen-bond acceptors (Lipinski definition) is 3. The smallest absolute Gasteiger partial charge is 0.128 e. The first-order chi connectivity index (χ1) is 11.4. The molecular formula is C20H12N2S. The number of hydrogen-bond donors (Lipinski definition) is 0. The van der Waals surface area contributed by atoms with Crippen LogP contribution in [0.4, 0.5) is 0 Å². The van der Waals surface area contributed by atoms with Crippen molar-refractivity contribution in [3.8, 4) is 11.3 Å². The highest BCUT2D eigenvalue weighted by Gasteiger charge is 2.14. The molecule has 0 N–H and O–H groups in total. The Morgan fingerprint density at radius 2 is 1.48 bits per heavy atom. The van der Waals surface area contributed by atoms with Gasteiger partial charge in [0.1, 0.15) is 11.2 Å². The minimum absolute atomic E-state index is 1.02. The highest BCUT2D eigenvalue weighted by Crippen LogP contribution is 2.39. The SMILES string of the molecule is c1ccc2c(-c3ncnc4sc5ccccc5c34)cccc2c1. The van der Waals surface area contributed by atoms with Crippen LogP contribution in [0, 0.1) is 0 Å². The van der Waals surface area contributed by atoms with Crippen molar-refractivity contribution in [1.29, 1.82) is 0 Å². The zero-order chi connectivity index (χ0) is 15.2. The third kappa shape index (κ3) is 1.87. The summed E-state index contributed by atoms with van der Waals surface area (Å²) in [5.74, 6) is 0. The maximum absolute atomic E-state index is 4.65. The number of benzene rings is 3. The standard InChI is InChI=1S/C20H12N2S/c1-2-8-14-13(6-1)7-5-10-15(14)19-18-16-9-3-4-11-17(16)23-20(18)22-12-21-19/h1-12H. The van der Waals surface area contributed by atoms with Crippen LogP contribution in [0.15, 0.2) is 73.1 Å². The molecule has 108 valence electrons. The molecule has 5 aromatic rings. The van der Waals surface area contributed by atoms with Gasteiger partial charge < -0.3 is 0 Å². The summed E-state index contributed by atoms with van der Waals surface area (Å²) in [7, 11) is 0. The van der Waals surface area contributed by atoms with Crippen molar-refractivity contribution >= 4 is 42.4 Å². The molecule has 0 radical (unpaired) electrons. The maximum Gasteiger partial charge on any atom is 0.128 e. The van der Waals surface area contributed by atoms with Gasteiger partial charge in [0.25, 0.3) is 0 Å². The molecule has 0 fully saturated rings. The lowest BCUT2D eigenvalue weighted by atomic mass is 9.99. The van der Waals surface area contributed by atoms with E-state index in [1.165, 1.54) is 26.4 Å². The molecule has 0 amide bonds. The van der Waals surface area contributed by atoms with E-state index in [2.05, 4.69) is 76.7 Å². The Bertz CT molecular complexity index is 1170. The van der Waals surface area contributed by atoms with Crippen molar-refractivity contribution in [3.05, 3.63) is 73.1 Å². The second-order valence-corrected chi connectivity index (χ2v) is 6.56. The van der Waals surface area contributed by atoms with Crippen LogP contribution in [0.25, 0.3) is 42.3 Å². The molecule has 3 heteroatoms. The van der Waals surface area contributed by atoms with E-state index in [4.69, 9.17) is 0 Å². The number of nitrogens with zero attached hydrogens (tertiary/aromatic N) is 2. The molecule has 0 saturated carbocycles. The van der Waals surface area contributed by atoms with Crippen molar-refractivity contribution in [3.63, 3.8) is 0 Å². The summed E-state index contributed by atoms with van der Waals surface area (Å²) in [6.45, 7) is 0. The molecule has 0 unspecified atom stereocenters. The lowest BCUT2D eigenvalue weighted by Crippen LogP contribution is -1.88. The zero-order valence-electron chi connectivity index (χ0n) is 12.2. The quantitative estimate of drug-likeness (QED) is 0.399. The Hall–Kier alpha value is -2.78. The lowest BCUT2D eigenvalue weighted by molar-refractivity contribution is 1.24. The van der Waals surface area contributed by atoms with Crippen molar-refractivity contribution < 1.29 is 0 Å². The summed E-state index contributed by atoms with van der Waals surface area (Å²) in [6, 6.07) is 23.3. The molecule has 0 aliphatic carbocycles. The van der Waals surface area contributed by atoms with E-state index in [1.54, 1.807) is 17.7 Å². The minimum atomic E-state index is 1.02. The monoisotopic (exact) mass is 312 g/mol. The van der Waals surface area contributed by atoms with E-state index < -0.39 is 0 Å². The van der Waals surface area contributed by atoms with Crippen LogP contribution in [0.3, 0.4) is 0 Å². The van der Waals surface area contributed by atoms with Crippen LogP contribution in [0.1, 0.15) is 0 Å². The molecule has 0 bridgehead atoms. The van der Waals surface area contributed by atoms with Gasteiger partial charge in [0.15, 0.2) is 0 Å². The van der Waals surface area contributed by atoms with E-state index >= 15 is 0 Å². The number of thiophene rings is 1. The van der Waals surface area contributed by atoms with E-state index in [0.29, 0.717) is 0 Å². The Labute approximate surface area is 137 Å². The molecule has 0 atom stereocenters. The van der Waals surface area contributed by atoms with Crippen molar-refractivity contribution in [2.24, 2.45) is 0 Å². The van der Waals surface area contributed by atoms with E-state index in [-0.39, 0.29) is 0 Å². The van der Waals surface area contributed by atoms with Gasteiger partial charge in [-0.2, -0.15) is 0 Å². The first kappa shape index (κ1) is 12.7. The Morgan fingerprint density at radius 3 is 2.43 bits per heavy atom. The first-order valence-corrected chi connectivity index (χ1v) is 8.34. The second-order valence-electron chi connectivity index (χ2n) is 5.53. The van der Waals surface area contributed by atoms with Gasteiger partial charge in [-0.25, -0.2) is 9.97 Å². The van der Waals surface area contributed by atoms with E-state index in [0.717, 1.165) is 15.9 Å². The van der Waals surface area contributed by atoms with Crippen molar-refractivity contribution in [2.75, 3.05) is 0 Å². The molecule has 3 aromatic carbocycles. The van der Waals surface area contributed by atoms with Gasteiger partial charge in [0.05, 0.1) is 5.69 Å². The molecule has 2 aromatic heterocycles. The van der Waals surface area contributed by atoms with Gasteiger partial charge in [-0.15, -0.1) is 11.3 Å². The van der Waals surface area contributed by atoms with Crippen molar-refractivity contribution in [1.82, 2.24) is 9.97 Å². The molecular weight excluding hydrogens is 300 g/mol. The van der Waals surface area contributed by atoms with Gasteiger partial charge in [-0.1, -0.05) is 60.7 Å².